The van der Waals surface area contributed by atoms with E-state index in [0.29, 0.717) is 38.3 Å². The standard InChI is InChI=1S/C19H13Cl4N3O3/c1-26(18(28)19(22,23)17(24)27)11-5-2-4-10(8-11)15-9-14(25-29-15)16-12(20)6-3-7-13(16)21/h2-9H,1H3,(H2,24,27). The first-order chi connectivity index (χ1) is 13.6. The Bertz CT molecular complexity index is 1080. The number of hydrogen-bond donors (Lipinski definition) is 1. The van der Waals surface area contributed by atoms with Gasteiger partial charge in [0.25, 0.3) is 16.1 Å². The Morgan fingerprint density at radius 1 is 1.07 bits per heavy atom. The van der Waals surface area contributed by atoms with Gasteiger partial charge in [-0.2, -0.15) is 0 Å². The van der Waals surface area contributed by atoms with Gasteiger partial charge in [0.05, 0.1) is 10.0 Å². The topological polar surface area (TPSA) is 89.4 Å². The van der Waals surface area contributed by atoms with Crippen LogP contribution >= 0.6 is 46.4 Å². The lowest BCUT2D eigenvalue weighted by Crippen LogP contribution is -2.48. The van der Waals surface area contributed by atoms with Gasteiger partial charge >= 0.3 is 0 Å². The van der Waals surface area contributed by atoms with E-state index in [-0.39, 0.29) is 0 Å². The molecule has 1 heterocycles. The Balaban J connectivity index is 1.94. The predicted molar refractivity (Wildman–Crippen MR) is 114 cm³/mol. The molecular formula is C19H13Cl4N3O3. The summed E-state index contributed by atoms with van der Waals surface area (Å²) in [6, 6.07) is 13.5. The van der Waals surface area contributed by atoms with Crippen LogP contribution < -0.4 is 10.6 Å². The Hall–Kier alpha value is -2.25. The lowest BCUT2D eigenvalue weighted by Gasteiger charge is -2.23. The third-order valence-electron chi connectivity index (χ3n) is 4.13. The zero-order valence-electron chi connectivity index (χ0n) is 14.8. The van der Waals surface area contributed by atoms with Crippen molar-refractivity contribution in [2.24, 2.45) is 5.73 Å². The first-order valence-corrected chi connectivity index (χ1v) is 9.61. The van der Waals surface area contributed by atoms with E-state index in [0.717, 1.165) is 4.90 Å². The fourth-order valence-corrected chi connectivity index (χ4v) is 3.42. The summed E-state index contributed by atoms with van der Waals surface area (Å²) in [4.78, 5) is 24.9. The van der Waals surface area contributed by atoms with E-state index in [1.165, 1.54) is 7.05 Å². The van der Waals surface area contributed by atoms with Crippen molar-refractivity contribution in [3.8, 4) is 22.6 Å². The van der Waals surface area contributed by atoms with Gasteiger partial charge < -0.3 is 15.2 Å². The van der Waals surface area contributed by atoms with Gasteiger partial charge in [-0.05, 0) is 24.3 Å². The number of hydrogen-bond acceptors (Lipinski definition) is 4. The smallest absolute Gasteiger partial charge is 0.273 e. The summed E-state index contributed by atoms with van der Waals surface area (Å²) in [5.74, 6) is -1.63. The van der Waals surface area contributed by atoms with Crippen LogP contribution in [0.15, 0.2) is 53.1 Å². The SMILES string of the molecule is CN(C(=O)C(Cl)(Cl)C(N)=O)c1cccc(-c2cc(-c3c(Cl)cccc3Cl)no2)c1. The Morgan fingerprint density at radius 3 is 2.31 bits per heavy atom. The van der Waals surface area contributed by atoms with Gasteiger partial charge in [-0.3, -0.25) is 9.59 Å². The summed E-state index contributed by atoms with van der Waals surface area (Å²) < 4.78 is 3.03. The minimum atomic E-state index is -2.38. The van der Waals surface area contributed by atoms with Gasteiger partial charge in [0, 0.05) is 29.9 Å². The molecule has 0 aliphatic heterocycles. The Kier molecular flexibility index (Phi) is 6.10. The molecule has 0 saturated heterocycles. The third-order valence-corrected chi connectivity index (χ3v) is 5.46. The molecule has 0 aliphatic rings. The highest BCUT2D eigenvalue weighted by atomic mass is 35.5. The maximum atomic E-state index is 12.4. The van der Waals surface area contributed by atoms with E-state index < -0.39 is 16.1 Å². The lowest BCUT2D eigenvalue weighted by molar-refractivity contribution is -0.127. The largest absolute Gasteiger partial charge is 0.367 e. The number of anilines is 1. The first-order valence-electron chi connectivity index (χ1n) is 8.10. The van der Waals surface area contributed by atoms with Crippen LogP contribution in [0.3, 0.4) is 0 Å². The first kappa shape index (κ1) is 21.5. The fraction of sp³-hybridized carbons (Fsp3) is 0.105. The zero-order valence-corrected chi connectivity index (χ0v) is 17.9. The van der Waals surface area contributed by atoms with E-state index in [4.69, 9.17) is 56.7 Å². The highest BCUT2D eigenvalue weighted by Gasteiger charge is 2.43. The van der Waals surface area contributed by atoms with E-state index in [1.54, 1.807) is 48.5 Å². The molecule has 0 spiro atoms. The molecule has 2 N–H and O–H groups in total. The fourth-order valence-electron chi connectivity index (χ4n) is 2.57. The number of halogens is 4. The van der Waals surface area contributed by atoms with Crippen molar-refractivity contribution in [2.45, 2.75) is 4.33 Å². The van der Waals surface area contributed by atoms with Gasteiger partial charge in [0.1, 0.15) is 5.69 Å². The highest BCUT2D eigenvalue weighted by molar-refractivity contribution is 6.68. The number of nitrogens with zero attached hydrogens (tertiary/aromatic N) is 2. The molecule has 0 aliphatic carbocycles. The normalized spacial score (nSPS) is 11.3. The average molecular weight is 473 g/mol. The number of rotatable bonds is 5. The number of primary amides is 1. The monoisotopic (exact) mass is 471 g/mol. The second kappa shape index (κ2) is 8.24. The molecule has 0 atom stereocenters. The summed E-state index contributed by atoms with van der Waals surface area (Å²) in [7, 11) is 1.42. The van der Waals surface area contributed by atoms with E-state index in [1.807, 2.05) is 0 Å². The van der Waals surface area contributed by atoms with Gasteiger partial charge in [-0.15, -0.1) is 0 Å². The molecular weight excluding hydrogens is 460 g/mol. The number of carbonyl (C=O) groups excluding carboxylic acids is 2. The van der Waals surface area contributed by atoms with Crippen LogP contribution in [0.5, 0.6) is 0 Å². The number of aromatic nitrogens is 1. The Morgan fingerprint density at radius 2 is 1.69 bits per heavy atom. The van der Waals surface area contributed by atoms with Crippen molar-refractivity contribution in [1.82, 2.24) is 5.16 Å². The molecule has 3 rings (SSSR count). The molecule has 29 heavy (non-hydrogen) atoms. The van der Waals surface area contributed by atoms with Crippen molar-refractivity contribution in [2.75, 3.05) is 11.9 Å². The van der Waals surface area contributed by atoms with Gasteiger partial charge in [0.15, 0.2) is 5.76 Å². The van der Waals surface area contributed by atoms with E-state index in [9.17, 15) is 9.59 Å². The molecule has 1 aromatic heterocycles. The number of nitrogens with two attached hydrogens (primary N) is 1. The molecule has 0 bridgehead atoms. The quantitative estimate of drug-likeness (QED) is 0.420. The lowest BCUT2D eigenvalue weighted by atomic mass is 10.1. The van der Waals surface area contributed by atoms with Crippen LogP contribution in [-0.2, 0) is 9.59 Å². The van der Waals surface area contributed by atoms with E-state index in [2.05, 4.69) is 5.16 Å². The van der Waals surface area contributed by atoms with Crippen LogP contribution in [0.4, 0.5) is 5.69 Å². The summed E-state index contributed by atoms with van der Waals surface area (Å²) in [6.07, 6.45) is 0. The minimum absolute atomic E-state index is 0.410. The molecule has 2 aromatic carbocycles. The van der Waals surface area contributed by atoms with Crippen LogP contribution in [-0.4, -0.2) is 28.4 Å². The number of amides is 2. The maximum Gasteiger partial charge on any atom is 0.273 e. The summed E-state index contributed by atoms with van der Waals surface area (Å²) >= 11 is 24.0. The Labute approximate surface area is 186 Å². The van der Waals surface area contributed by atoms with Crippen molar-refractivity contribution in [3.63, 3.8) is 0 Å². The summed E-state index contributed by atoms with van der Waals surface area (Å²) in [6.45, 7) is 0. The zero-order chi connectivity index (χ0) is 21.3. The molecule has 150 valence electrons. The van der Waals surface area contributed by atoms with E-state index >= 15 is 0 Å². The van der Waals surface area contributed by atoms with Gasteiger partial charge in [-0.25, -0.2) is 0 Å². The molecule has 0 radical (unpaired) electrons. The van der Waals surface area contributed by atoms with Crippen LogP contribution in [0, 0.1) is 0 Å². The molecule has 3 aromatic rings. The third kappa shape index (κ3) is 4.21. The van der Waals surface area contributed by atoms with Crippen molar-refractivity contribution < 1.29 is 14.1 Å². The van der Waals surface area contributed by atoms with Crippen LogP contribution in [0.2, 0.25) is 10.0 Å². The minimum Gasteiger partial charge on any atom is -0.367 e. The maximum absolute atomic E-state index is 12.4. The van der Waals surface area contributed by atoms with Crippen LogP contribution in [0.1, 0.15) is 0 Å². The molecule has 0 unspecified atom stereocenters. The molecule has 2 amide bonds. The van der Waals surface area contributed by atoms with Gasteiger partial charge in [0.2, 0.25) is 0 Å². The van der Waals surface area contributed by atoms with Crippen molar-refractivity contribution in [1.29, 1.82) is 0 Å². The number of benzene rings is 2. The molecule has 10 heteroatoms. The molecule has 0 saturated carbocycles. The van der Waals surface area contributed by atoms with Crippen LogP contribution in [0.25, 0.3) is 22.6 Å². The van der Waals surface area contributed by atoms with Gasteiger partial charge in [-0.1, -0.05) is 69.8 Å². The number of carbonyl (C=O) groups is 2. The molecule has 0 fully saturated rings. The summed E-state index contributed by atoms with van der Waals surface area (Å²) in [5, 5.41) is 4.90. The molecule has 6 nitrogen and oxygen atoms in total. The number of alkyl halides is 2. The van der Waals surface area contributed by atoms with Crippen molar-refractivity contribution in [3.05, 3.63) is 58.6 Å². The summed E-state index contributed by atoms with van der Waals surface area (Å²) in [5.41, 5.74) is 7.12. The average Bonchev–Trinajstić information content (AvgIpc) is 3.16. The highest BCUT2D eigenvalue weighted by Crippen LogP contribution is 2.36. The second-order valence-corrected chi connectivity index (χ2v) is 8.17. The second-order valence-electron chi connectivity index (χ2n) is 6.03. The van der Waals surface area contributed by atoms with Crippen molar-refractivity contribution >= 4 is 63.9 Å². The predicted octanol–water partition coefficient (Wildman–Crippen LogP) is 4.94.